The topological polar surface area (TPSA) is 46.4 Å². The SMILES string of the molecule is Cc1cc(C)cc(-c2cc(-c3c(C)cccc3C)cc(N3[CH-]N(c4[c-]c(Oc5[c-]c6c(cc5)c5ccc(C(C)(C)C)cc5n6-c5cc(C(C)(C)C)ccn5)ccc4)c4ncccc43)c2)c1.[Pt]. The van der Waals surface area contributed by atoms with Crippen molar-refractivity contribution >= 4 is 44.7 Å². The molecule has 9 aromatic rings. The summed E-state index contributed by atoms with van der Waals surface area (Å²) in [4.78, 5) is 14.2. The molecule has 0 atom stereocenters. The number of hydrogen-bond acceptors (Lipinski definition) is 5. The van der Waals surface area contributed by atoms with Gasteiger partial charge < -0.3 is 19.1 Å². The zero-order valence-corrected chi connectivity index (χ0v) is 41.6. The first-order valence-corrected chi connectivity index (χ1v) is 22.5. The third-order valence-electron chi connectivity index (χ3n) is 12.6. The van der Waals surface area contributed by atoms with Gasteiger partial charge in [0.25, 0.3) is 0 Å². The van der Waals surface area contributed by atoms with Crippen molar-refractivity contribution in [3.8, 4) is 39.6 Å². The van der Waals surface area contributed by atoms with Crippen LogP contribution in [0.4, 0.5) is 22.9 Å². The molecular formula is C59H54N5OPt-3. The molecule has 0 bridgehead atoms. The van der Waals surface area contributed by atoms with Gasteiger partial charge in [-0.25, -0.2) is 9.97 Å². The number of benzene rings is 6. The van der Waals surface area contributed by atoms with Crippen LogP contribution in [0.25, 0.3) is 49.9 Å². The molecule has 7 heteroatoms. The molecule has 66 heavy (non-hydrogen) atoms. The number of nitrogens with zero attached hydrogens (tertiary/aromatic N) is 5. The average Bonchev–Trinajstić information content (AvgIpc) is 3.81. The van der Waals surface area contributed by atoms with E-state index >= 15 is 0 Å². The van der Waals surface area contributed by atoms with E-state index in [1.54, 1.807) is 0 Å². The molecule has 0 saturated heterocycles. The monoisotopic (exact) mass is 1040 g/mol. The maximum Gasteiger partial charge on any atom is 0.135 e. The minimum absolute atomic E-state index is 0. The van der Waals surface area contributed by atoms with Gasteiger partial charge in [0, 0.05) is 56.2 Å². The first kappa shape index (κ1) is 44.7. The van der Waals surface area contributed by atoms with Crippen molar-refractivity contribution in [2.45, 2.75) is 80.1 Å². The van der Waals surface area contributed by atoms with Crippen molar-refractivity contribution < 1.29 is 25.8 Å². The molecule has 6 nitrogen and oxygen atoms in total. The summed E-state index contributed by atoms with van der Waals surface area (Å²) in [6, 6.07) is 52.8. The Balaban J connectivity index is 0.00000548. The summed E-state index contributed by atoms with van der Waals surface area (Å²) in [5, 5.41) is 2.23. The molecule has 3 aromatic heterocycles. The van der Waals surface area contributed by atoms with Crippen molar-refractivity contribution in [1.82, 2.24) is 14.5 Å². The van der Waals surface area contributed by atoms with Crippen molar-refractivity contribution in [3.05, 3.63) is 192 Å². The Morgan fingerprint density at radius 1 is 0.561 bits per heavy atom. The number of fused-ring (bicyclic) bond motifs is 4. The quantitative estimate of drug-likeness (QED) is 0.149. The van der Waals surface area contributed by atoms with Gasteiger partial charge in [-0.2, -0.15) is 12.1 Å². The van der Waals surface area contributed by atoms with E-state index in [1.165, 1.54) is 50.1 Å². The summed E-state index contributed by atoms with van der Waals surface area (Å²) >= 11 is 0. The van der Waals surface area contributed by atoms with E-state index < -0.39 is 0 Å². The van der Waals surface area contributed by atoms with Gasteiger partial charge in [-0.3, -0.25) is 0 Å². The van der Waals surface area contributed by atoms with Crippen LogP contribution in [0.5, 0.6) is 11.5 Å². The Kier molecular flexibility index (Phi) is 11.6. The normalized spacial score (nSPS) is 12.8. The van der Waals surface area contributed by atoms with Gasteiger partial charge in [-0.15, -0.1) is 42.4 Å². The molecular weight excluding hydrogens is 990 g/mol. The standard InChI is InChI=1S/C59H54N5O.Pt/c1-37-26-38(2)28-41(27-37)42-29-43(56-39(3)14-11-15-40(56)4)31-47(30-42)62-36-63(57-52(62)18-13-24-61-57)46-16-12-17-48(34-46)65-49-20-22-51-50-21-19-44(58(5,6)7)32-53(50)64(54(51)35-49)55-33-45(23-25-60-55)59(8,9)10;/h11-33,36H,1-10H3;/q-3;. The van der Waals surface area contributed by atoms with E-state index in [-0.39, 0.29) is 31.9 Å². The third-order valence-corrected chi connectivity index (χ3v) is 12.6. The first-order valence-electron chi connectivity index (χ1n) is 22.5. The first-order chi connectivity index (χ1) is 31.1. The molecule has 0 aliphatic carbocycles. The fourth-order valence-corrected chi connectivity index (χ4v) is 9.30. The van der Waals surface area contributed by atoms with Gasteiger partial charge >= 0.3 is 0 Å². The van der Waals surface area contributed by atoms with Gasteiger partial charge in [-0.1, -0.05) is 112 Å². The van der Waals surface area contributed by atoms with Crippen LogP contribution in [0, 0.1) is 46.5 Å². The average molecular weight is 1040 g/mol. The van der Waals surface area contributed by atoms with E-state index in [0.717, 1.165) is 56.1 Å². The second kappa shape index (κ2) is 17.1. The molecule has 0 fully saturated rings. The van der Waals surface area contributed by atoms with Crippen LogP contribution < -0.4 is 14.5 Å². The molecule has 0 radical (unpaired) electrons. The van der Waals surface area contributed by atoms with Crippen molar-refractivity contribution in [2.75, 3.05) is 9.80 Å². The summed E-state index contributed by atoms with van der Waals surface area (Å²) in [5.41, 5.74) is 17.0. The molecule has 10 rings (SSSR count). The van der Waals surface area contributed by atoms with Crippen LogP contribution in [-0.2, 0) is 31.9 Å². The van der Waals surface area contributed by atoms with Crippen LogP contribution in [0.2, 0.25) is 0 Å². The zero-order chi connectivity index (χ0) is 45.4. The number of rotatable bonds is 7. The minimum atomic E-state index is -0.0420. The zero-order valence-electron chi connectivity index (χ0n) is 39.3. The predicted molar refractivity (Wildman–Crippen MR) is 269 cm³/mol. The van der Waals surface area contributed by atoms with Gasteiger partial charge in [-0.05, 0) is 137 Å². The Labute approximate surface area is 404 Å². The third kappa shape index (κ3) is 8.33. The molecule has 0 spiro atoms. The Bertz CT molecular complexity index is 3280. The van der Waals surface area contributed by atoms with Crippen LogP contribution in [0.15, 0.2) is 140 Å². The van der Waals surface area contributed by atoms with Gasteiger partial charge in [0.1, 0.15) is 11.6 Å². The molecule has 6 aromatic carbocycles. The van der Waals surface area contributed by atoms with Gasteiger partial charge in [0.05, 0.1) is 5.69 Å². The molecule has 4 heterocycles. The molecule has 0 unspecified atom stereocenters. The molecule has 1 aliphatic rings. The van der Waals surface area contributed by atoms with Crippen LogP contribution >= 0.6 is 0 Å². The summed E-state index contributed by atoms with van der Waals surface area (Å²) in [6.07, 6.45) is 3.76. The fourth-order valence-electron chi connectivity index (χ4n) is 9.30. The Hall–Kier alpha value is -6.49. The molecule has 0 N–H and O–H groups in total. The molecule has 0 amide bonds. The summed E-state index contributed by atoms with van der Waals surface area (Å²) in [5.74, 6) is 2.82. The number of pyridine rings is 2. The van der Waals surface area contributed by atoms with Crippen LogP contribution in [-0.4, -0.2) is 14.5 Å². The van der Waals surface area contributed by atoms with Crippen molar-refractivity contribution in [1.29, 1.82) is 0 Å². The summed E-state index contributed by atoms with van der Waals surface area (Å²) < 4.78 is 8.92. The number of anilines is 4. The van der Waals surface area contributed by atoms with Gasteiger partial charge in [0.15, 0.2) is 0 Å². The molecule has 334 valence electrons. The second-order valence-electron chi connectivity index (χ2n) is 19.7. The molecule has 0 saturated carbocycles. The van der Waals surface area contributed by atoms with Crippen molar-refractivity contribution in [3.63, 3.8) is 0 Å². The van der Waals surface area contributed by atoms with E-state index in [0.29, 0.717) is 11.5 Å². The number of aryl methyl sites for hydroxylation is 4. The number of ether oxygens (including phenoxy) is 1. The van der Waals surface area contributed by atoms with E-state index in [1.807, 2.05) is 42.7 Å². The van der Waals surface area contributed by atoms with E-state index in [9.17, 15) is 0 Å². The number of hydrogen-bond donors (Lipinski definition) is 0. The summed E-state index contributed by atoms with van der Waals surface area (Å²) in [7, 11) is 0. The van der Waals surface area contributed by atoms with E-state index in [2.05, 4.69) is 199 Å². The molecule has 1 aliphatic heterocycles. The maximum atomic E-state index is 6.68. The van der Waals surface area contributed by atoms with E-state index in [4.69, 9.17) is 14.7 Å². The smallest absolute Gasteiger partial charge is 0.135 e. The maximum absolute atomic E-state index is 6.68. The fraction of sp³-hybridized carbons (Fsp3) is 0.203. The van der Waals surface area contributed by atoms with Crippen LogP contribution in [0.3, 0.4) is 0 Å². The second-order valence-corrected chi connectivity index (χ2v) is 19.7. The van der Waals surface area contributed by atoms with Gasteiger partial charge in [0.2, 0.25) is 0 Å². The Morgan fingerprint density at radius 2 is 1.23 bits per heavy atom. The minimum Gasteiger partial charge on any atom is -0.509 e. The number of aromatic nitrogens is 3. The Morgan fingerprint density at radius 3 is 1.97 bits per heavy atom. The largest absolute Gasteiger partial charge is 0.509 e. The van der Waals surface area contributed by atoms with Crippen LogP contribution in [0.1, 0.15) is 74.9 Å². The predicted octanol–water partition coefficient (Wildman–Crippen LogP) is 15.5. The van der Waals surface area contributed by atoms with Crippen molar-refractivity contribution in [2.24, 2.45) is 0 Å². The summed E-state index contributed by atoms with van der Waals surface area (Å²) in [6.45, 7) is 24.3.